The summed E-state index contributed by atoms with van der Waals surface area (Å²) in [5.74, 6) is 1.14. The molecule has 0 radical (unpaired) electrons. The van der Waals surface area contributed by atoms with Crippen molar-refractivity contribution in [2.24, 2.45) is 0 Å². The molecule has 0 saturated heterocycles. The van der Waals surface area contributed by atoms with Crippen molar-refractivity contribution in [3.63, 3.8) is 0 Å². The van der Waals surface area contributed by atoms with Gasteiger partial charge in [-0.2, -0.15) is 0 Å². The molecule has 5 rings (SSSR count). The zero-order valence-corrected chi connectivity index (χ0v) is 19.1. The lowest BCUT2D eigenvalue weighted by molar-refractivity contribution is -0.120. The molecule has 2 aromatic carbocycles. The summed E-state index contributed by atoms with van der Waals surface area (Å²) >= 11 is 1.39. The standard InChI is InChI=1S/C26H22FN3O3S/c27-20-3-1-2-18(13-20)23-6-4-19-14-21(5-7-24(19)33-23)32-26-30-16-22(34-26)15-29-25(31)12-17-8-10-28-11-9-17/h1-3,5,7-11,13-14,16,23H,4,6,12,15H2,(H,29,31). The van der Waals surface area contributed by atoms with Crippen LogP contribution in [0.1, 0.15) is 34.1 Å². The van der Waals surface area contributed by atoms with E-state index < -0.39 is 0 Å². The maximum Gasteiger partial charge on any atom is 0.278 e. The van der Waals surface area contributed by atoms with E-state index in [1.54, 1.807) is 24.7 Å². The number of halogens is 1. The normalized spacial score (nSPS) is 14.7. The van der Waals surface area contributed by atoms with E-state index in [1.807, 2.05) is 36.4 Å². The van der Waals surface area contributed by atoms with Gasteiger partial charge in [0.05, 0.1) is 13.0 Å². The third-order valence-corrected chi connectivity index (χ3v) is 6.38. The summed E-state index contributed by atoms with van der Waals surface area (Å²) in [6.45, 7) is 0.393. The van der Waals surface area contributed by atoms with Crippen LogP contribution in [0.5, 0.6) is 16.7 Å². The number of nitrogens with one attached hydrogen (secondary N) is 1. The lowest BCUT2D eigenvalue weighted by Gasteiger charge is -2.26. The molecule has 8 heteroatoms. The number of aromatic nitrogens is 2. The highest BCUT2D eigenvalue weighted by atomic mass is 32.1. The Labute approximate surface area is 200 Å². The number of pyridine rings is 1. The van der Waals surface area contributed by atoms with Crippen molar-refractivity contribution in [1.82, 2.24) is 15.3 Å². The fourth-order valence-electron chi connectivity index (χ4n) is 3.82. The largest absolute Gasteiger partial charge is 0.485 e. The molecule has 34 heavy (non-hydrogen) atoms. The molecule has 1 N–H and O–H groups in total. The molecule has 1 unspecified atom stereocenters. The zero-order valence-electron chi connectivity index (χ0n) is 18.2. The number of carbonyl (C=O) groups is 1. The van der Waals surface area contributed by atoms with Gasteiger partial charge in [0, 0.05) is 23.5 Å². The van der Waals surface area contributed by atoms with Crippen molar-refractivity contribution >= 4 is 17.2 Å². The van der Waals surface area contributed by atoms with Gasteiger partial charge in [-0.15, -0.1) is 0 Å². The maximum atomic E-state index is 13.6. The Morgan fingerprint density at radius 3 is 2.91 bits per heavy atom. The van der Waals surface area contributed by atoms with Gasteiger partial charge >= 0.3 is 0 Å². The van der Waals surface area contributed by atoms with E-state index >= 15 is 0 Å². The van der Waals surface area contributed by atoms with E-state index in [2.05, 4.69) is 15.3 Å². The fourth-order valence-corrected chi connectivity index (χ4v) is 4.54. The van der Waals surface area contributed by atoms with Gasteiger partial charge < -0.3 is 14.8 Å². The number of hydrogen-bond donors (Lipinski definition) is 1. The molecule has 172 valence electrons. The molecule has 0 fully saturated rings. The second-order valence-electron chi connectivity index (χ2n) is 7.97. The Bertz CT molecular complexity index is 1300. The highest BCUT2D eigenvalue weighted by Crippen LogP contribution is 2.38. The average Bonchev–Trinajstić information content (AvgIpc) is 3.30. The van der Waals surface area contributed by atoms with Gasteiger partial charge in [-0.1, -0.05) is 23.5 Å². The molecule has 1 aliphatic rings. The molecule has 4 aromatic rings. The molecule has 1 amide bonds. The highest BCUT2D eigenvalue weighted by molar-refractivity contribution is 7.13. The van der Waals surface area contributed by atoms with E-state index in [9.17, 15) is 9.18 Å². The quantitative estimate of drug-likeness (QED) is 0.388. The summed E-state index contributed by atoms with van der Waals surface area (Å²) < 4.78 is 25.6. The first kappa shape index (κ1) is 22.0. The van der Waals surface area contributed by atoms with Crippen LogP contribution in [0.15, 0.2) is 73.2 Å². The van der Waals surface area contributed by atoms with Crippen LogP contribution in [-0.4, -0.2) is 15.9 Å². The maximum absolute atomic E-state index is 13.6. The number of hydrogen-bond acceptors (Lipinski definition) is 6. The van der Waals surface area contributed by atoms with Gasteiger partial charge in [-0.3, -0.25) is 9.78 Å². The topological polar surface area (TPSA) is 73.3 Å². The number of aryl methyl sites for hydroxylation is 1. The zero-order chi connectivity index (χ0) is 23.3. The number of fused-ring (bicyclic) bond motifs is 1. The van der Waals surface area contributed by atoms with Crippen LogP contribution in [0.3, 0.4) is 0 Å². The summed E-state index contributed by atoms with van der Waals surface area (Å²) in [6.07, 6.45) is 6.77. The third kappa shape index (κ3) is 5.40. The van der Waals surface area contributed by atoms with E-state index in [4.69, 9.17) is 9.47 Å². The van der Waals surface area contributed by atoms with E-state index in [0.29, 0.717) is 23.9 Å². The minimum absolute atomic E-state index is 0.0618. The van der Waals surface area contributed by atoms with Crippen LogP contribution in [0.2, 0.25) is 0 Å². The van der Waals surface area contributed by atoms with Crippen molar-refractivity contribution < 1.29 is 18.7 Å². The molecule has 6 nitrogen and oxygen atoms in total. The van der Waals surface area contributed by atoms with Gasteiger partial charge in [0.1, 0.15) is 23.4 Å². The summed E-state index contributed by atoms with van der Waals surface area (Å²) in [5.41, 5.74) is 2.80. The molecule has 2 aromatic heterocycles. The summed E-state index contributed by atoms with van der Waals surface area (Å²) in [5, 5.41) is 3.41. The Kier molecular flexibility index (Phi) is 6.49. The van der Waals surface area contributed by atoms with Crippen molar-refractivity contribution in [2.75, 3.05) is 0 Å². The smallest absolute Gasteiger partial charge is 0.278 e. The predicted molar refractivity (Wildman–Crippen MR) is 127 cm³/mol. The average molecular weight is 476 g/mol. The van der Waals surface area contributed by atoms with Crippen molar-refractivity contribution in [3.8, 4) is 16.7 Å². The van der Waals surface area contributed by atoms with E-state index in [1.165, 1.54) is 23.5 Å². The number of nitrogens with zero attached hydrogens (tertiary/aromatic N) is 2. The van der Waals surface area contributed by atoms with Crippen molar-refractivity contribution in [3.05, 3.63) is 101 Å². The first-order valence-corrected chi connectivity index (χ1v) is 11.8. The summed E-state index contributed by atoms with van der Waals surface area (Å²) in [6, 6.07) is 15.9. The third-order valence-electron chi connectivity index (χ3n) is 5.51. The molecular formula is C26H22FN3O3S. The van der Waals surface area contributed by atoms with Gasteiger partial charge in [-0.05, 0) is 72.0 Å². The number of ether oxygens (including phenoxy) is 2. The minimum atomic E-state index is -0.258. The van der Waals surface area contributed by atoms with Crippen LogP contribution in [-0.2, 0) is 24.2 Å². The van der Waals surface area contributed by atoms with E-state index in [-0.39, 0.29) is 17.8 Å². The fraction of sp³-hybridized carbons (Fsp3) is 0.192. The van der Waals surface area contributed by atoms with Crippen LogP contribution >= 0.6 is 11.3 Å². The van der Waals surface area contributed by atoms with Gasteiger partial charge in [0.2, 0.25) is 5.91 Å². The molecular weight excluding hydrogens is 453 g/mol. The highest BCUT2D eigenvalue weighted by Gasteiger charge is 2.22. The predicted octanol–water partition coefficient (Wildman–Crippen LogP) is 5.39. The van der Waals surface area contributed by atoms with Crippen LogP contribution in [0, 0.1) is 5.82 Å². The summed E-state index contributed by atoms with van der Waals surface area (Å²) in [4.78, 5) is 21.3. The Morgan fingerprint density at radius 1 is 1.18 bits per heavy atom. The molecule has 3 heterocycles. The van der Waals surface area contributed by atoms with Crippen molar-refractivity contribution in [1.29, 1.82) is 0 Å². The van der Waals surface area contributed by atoms with Crippen LogP contribution in [0.25, 0.3) is 0 Å². The van der Waals surface area contributed by atoms with Crippen molar-refractivity contribution in [2.45, 2.75) is 31.9 Å². The van der Waals surface area contributed by atoms with E-state index in [0.717, 1.165) is 40.2 Å². The van der Waals surface area contributed by atoms with Gasteiger partial charge in [0.25, 0.3) is 5.19 Å². The number of benzene rings is 2. The first-order chi connectivity index (χ1) is 16.6. The van der Waals surface area contributed by atoms with Crippen LogP contribution in [0.4, 0.5) is 4.39 Å². The molecule has 1 aliphatic heterocycles. The molecule has 1 atom stereocenters. The molecule has 0 bridgehead atoms. The van der Waals surface area contributed by atoms with Gasteiger partial charge in [-0.25, -0.2) is 9.37 Å². The summed E-state index contributed by atoms with van der Waals surface area (Å²) in [7, 11) is 0. The SMILES string of the molecule is O=C(Cc1ccncc1)NCc1cnc(Oc2ccc3c(c2)CCC(c2cccc(F)c2)O3)s1. The van der Waals surface area contributed by atoms with Crippen LogP contribution < -0.4 is 14.8 Å². The number of rotatable bonds is 7. The number of amides is 1. The Hall–Kier alpha value is -3.78. The Morgan fingerprint density at radius 2 is 2.06 bits per heavy atom. The number of thiazole rings is 1. The molecule has 0 spiro atoms. The Balaban J connectivity index is 1.16. The second-order valence-corrected chi connectivity index (χ2v) is 9.05. The second kappa shape index (κ2) is 10.0. The first-order valence-electron chi connectivity index (χ1n) is 11.0. The monoisotopic (exact) mass is 475 g/mol. The lowest BCUT2D eigenvalue weighted by atomic mass is 9.97. The lowest BCUT2D eigenvalue weighted by Crippen LogP contribution is -2.24. The number of carbonyl (C=O) groups excluding carboxylic acids is 1. The minimum Gasteiger partial charge on any atom is -0.485 e. The molecule has 0 aliphatic carbocycles. The molecule has 0 saturated carbocycles. The van der Waals surface area contributed by atoms with Gasteiger partial charge in [0.15, 0.2) is 0 Å².